The molecule has 0 aromatic rings. The van der Waals surface area contributed by atoms with Gasteiger partial charge in [-0.1, -0.05) is 25.7 Å². The molecule has 0 bridgehead atoms. The van der Waals surface area contributed by atoms with Crippen LogP contribution in [0.25, 0.3) is 0 Å². The van der Waals surface area contributed by atoms with E-state index in [4.69, 9.17) is 4.74 Å². The molecule has 1 aliphatic carbocycles. The molecule has 18 heavy (non-hydrogen) atoms. The van der Waals surface area contributed by atoms with Crippen LogP contribution in [0.1, 0.15) is 57.8 Å². The standard InChI is InChI=1S/C14H25F3O/c1-18-10-4-8-13-6-2-5-12(11-13)7-3-9-14(15,16)17/h12-13H,2-11H2,1H3. The summed E-state index contributed by atoms with van der Waals surface area (Å²) in [5.41, 5.74) is 0. The van der Waals surface area contributed by atoms with Crippen LogP contribution in [-0.4, -0.2) is 19.9 Å². The zero-order valence-electron chi connectivity index (χ0n) is 11.3. The number of rotatable bonds is 7. The summed E-state index contributed by atoms with van der Waals surface area (Å²) < 4.78 is 41.3. The van der Waals surface area contributed by atoms with Gasteiger partial charge < -0.3 is 4.74 Å². The molecule has 0 amide bonds. The Kier molecular flexibility index (Phi) is 7.05. The Balaban J connectivity index is 2.14. The molecule has 0 spiro atoms. The molecule has 2 atom stereocenters. The van der Waals surface area contributed by atoms with Crippen molar-refractivity contribution in [2.75, 3.05) is 13.7 Å². The molecule has 108 valence electrons. The van der Waals surface area contributed by atoms with E-state index in [1.54, 1.807) is 7.11 Å². The van der Waals surface area contributed by atoms with E-state index in [0.717, 1.165) is 32.3 Å². The lowest BCUT2D eigenvalue weighted by atomic mass is 9.77. The summed E-state index contributed by atoms with van der Waals surface area (Å²) >= 11 is 0. The Morgan fingerprint density at radius 1 is 1.06 bits per heavy atom. The molecule has 4 heteroatoms. The summed E-state index contributed by atoms with van der Waals surface area (Å²) in [7, 11) is 1.71. The van der Waals surface area contributed by atoms with Gasteiger partial charge in [-0.25, -0.2) is 0 Å². The molecule has 2 unspecified atom stereocenters. The zero-order chi connectivity index (χ0) is 13.4. The average Bonchev–Trinajstić information content (AvgIpc) is 2.28. The number of methoxy groups -OCH3 is 1. The zero-order valence-corrected chi connectivity index (χ0v) is 11.3. The van der Waals surface area contributed by atoms with E-state index in [9.17, 15) is 13.2 Å². The topological polar surface area (TPSA) is 9.23 Å². The minimum absolute atomic E-state index is 0.305. The maximum absolute atomic E-state index is 12.1. The van der Waals surface area contributed by atoms with Gasteiger partial charge >= 0.3 is 6.18 Å². The van der Waals surface area contributed by atoms with Gasteiger partial charge in [0.25, 0.3) is 0 Å². The van der Waals surface area contributed by atoms with Gasteiger partial charge in [0, 0.05) is 20.1 Å². The third-order valence-electron chi connectivity index (χ3n) is 3.92. The highest BCUT2D eigenvalue weighted by Gasteiger charge is 2.28. The molecule has 1 fully saturated rings. The summed E-state index contributed by atoms with van der Waals surface area (Å²) in [5, 5.41) is 0. The van der Waals surface area contributed by atoms with E-state index in [-0.39, 0.29) is 0 Å². The van der Waals surface area contributed by atoms with Gasteiger partial charge in [0.05, 0.1) is 0 Å². The predicted octanol–water partition coefficient (Wildman–Crippen LogP) is 4.95. The van der Waals surface area contributed by atoms with E-state index < -0.39 is 12.6 Å². The minimum Gasteiger partial charge on any atom is -0.385 e. The van der Waals surface area contributed by atoms with Crippen LogP contribution in [0.4, 0.5) is 13.2 Å². The maximum Gasteiger partial charge on any atom is 0.389 e. The van der Waals surface area contributed by atoms with Gasteiger partial charge in [0.1, 0.15) is 0 Å². The lowest BCUT2D eigenvalue weighted by Crippen LogP contribution is -2.17. The van der Waals surface area contributed by atoms with E-state index >= 15 is 0 Å². The number of ether oxygens (including phenoxy) is 1. The largest absolute Gasteiger partial charge is 0.389 e. The Labute approximate surface area is 108 Å². The van der Waals surface area contributed by atoms with E-state index in [1.165, 1.54) is 19.3 Å². The molecule has 0 aromatic heterocycles. The fourth-order valence-corrected chi connectivity index (χ4v) is 3.03. The van der Waals surface area contributed by atoms with Crippen LogP contribution in [0.15, 0.2) is 0 Å². The highest BCUT2D eigenvalue weighted by Crippen LogP contribution is 2.35. The molecule has 1 nitrogen and oxygen atoms in total. The highest BCUT2D eigenvalue weighted by atomic mass is 19.4. The Bertz CT molecular complexity index is 216. The number of hydrogen-bond acceptors (Lipinski definition) is 1. The first-order valence-corrected chi connectivity index (χ1v) is 7.07. The number of halogens is 3. The van der Waals surface area contributed by atoms with Crippen molar-refractivity contribution in [3.63, 3.8) is 0 Å². The summed E-state index contributed by atoms with van der Waals surface area (Å²) in [4.78, 5) is 0. The fourth-order valence-electron chi connectivity index (χ4n) is 3.03. The van der Waals surface area contributed by atoms with Crippen LogP contribution < -0.4 is 0 Å². The minimum atomic E-state index is -3.98. The van der Waals surface area contributed by atoms with Crippen molar-refractivity contribution in [3.8, 4) is 0 Å². The van der Waals surface area contributed by atoms with Crippen molar-refractivity contribution in [3.05, 3.63) is 0 Å². The van der Waals surface area contributed by atoms with Crippen LogP contribution >= 0.6 is 0 Å². The summed E-state index contributed by atoms with van der Waals surface area (Å²) in [6.45, 7) is 0.801. The third-order valence-corrected chi connectivity index (χ3v) is 3.92. The second kappa shape index (κ2) is 8.03. The fraction of sp³-hybridized carbons (Fsp3) is 1.00. The molecule has 0 aromatic carbocycles. The van der Waals surface area contributed by atoms with Gasteiger partial charge in [-0.2, -0.15) is 13.2 Å². The van der Waals surface area contributed by atoms with Crippen molar-refractivity contribution in [1.82, 2.24) is 0 Å². The quantitative estimate of drug-likeness (QED) is 0.592. The lowest BCUT2D eigenvalue weighted by molar-refractivity contribution is -0.136. The van der Waals surface area contributed by atoms with Crippen molar-refractivity contribution >= 4 is 0 Å². The summed E-state index contributed by atoms with van der Waals surface area (Å²) in [6.07, 6.45) is 3.40. The second-order valence-electron chi connectivity index (χ2n) is 5.54. The van der Waals surface area contributed by atoms with Crippen LogP contribution in [0.3, 0.4) is 0 Å². The molecule has 0 N–H and O–H groups in total. The first-order chi connectivity index (χ1) is 8.51. The monoisotopic (exact) mass is 266 g/mol. The van der Waals surface area contributed by atoms with Gasteiger partial charge in [-0.3, -0.25) is 0 Å². The molecule has 0 aliphatic heterocycles. The summed E-state index contributed by atoms with van der Waals surface area (Å²) in [5.74, 6) is 1.23. The van der Waals surface area contributed by atoms with E-state index in [1.807, 2.05) is 0 Å². The molecule has 1 aliphatic rings. The first kappa shape index (κ1) is 15.8. The van der Waals surface area contributed by atoms with Gasteiger partial charge in [0.15, 0.2) is 0 Å². The Morgan fingerprint density at radius 2 is 1.67 bits per heavy atom. The first-order valence-electron chi connectivity index (χ1n) is 7.07. The number of alkyl halides is 3. The Morgan fingerprint density at radius 3 is 2.22 bits per heavy atom. The lowest BCUT2D eigenvalue weighted by Gasteiger charge is -2.29. The van der Waals surface area contributed by atoms with Crippen LogP contribution in [0.5, 0.6) is 0 Å². The van der Waals surface area contributed by atoms with Crippen LogP contribution in [0, 0.1) is 11.8 Å². The molecular weight excluding hydrogens is 241 g/mol. The van der Waals surface area contributed by atoms with Crippen molar-refractivity contribution in [1.29, 1.82) is 0 Å². The SMILES string of the molecule is COCCCC1CCCC(CCCC(F)(F)F)C1. The smallest absolute Gasteiger partial charge is 0.385 e. The van der Waals surface area contributed by atoms with E-state index in [2.05, 4.69) is 0 Å². The maximum atomic E-state index is 12.1. The number of hydrogen-bond donors (Lipinski definition) is 0. The highest BCUT2D eigenvalue weighted by molar-refractivity contribution is 4.73. The van der Waals surface area contributed by atoms with Crippen molar-refractivity contribution in [2.45, 2.75) is 64.0 Å². The summed E-state index contributed by atoms with van der Waals surface area (Å²) in [6, 6.07) is 0. The molecule has 0 saturated heterocycles. The van der Waals surface area contributed by atoms with Crippen LogP contribution in [0.2, 0.25) is 0 Å². The third kappa shape index (κ3) is 7.24. The van der Waals surface area contributed by atoms with Crippen molar-refractivity contribution < 1.29 is 17.9 Å². The molecular formula is C14H25F3O. The molecule has 1 saturated carbocycles. The van der Waals surface area contributed by atoms with Crippen LogP contribution in [-0.2, 0) is 4.74 Å². The van der Waals surface area contributed by atoms with Gasteiger partial charge in [-0.15, -0.1) is 0 Å². The Hall–Kier alpha value is -0.250. The van der Waals surface area contributed by atoms with E-state index in [0.29, 0.717) is 18.3 Å². The van der Waals surface area contributed by atoms with Gasteiger partial charge in [-0.05, 0) is 37.5 Å². The predicted molar refractivity (Wildman–Crippen MR) is 66.5 cm³/mol. The van der Waals surface area contributed by atoms with Crippen molar-refractivity contribution in [2.24, 2.45) is 11.8 Å². The molecule has 1 rings (SSSR count). The normalized spacial score (nSPS) is 25.3. The van der Waals surface area contributed by atoms with Gasteiger partial charge in [0.2, 0.25) is 0 Å². The molecule has 0 radical (unpaired) electrons. The average molecular weight is 266 g/mol. The molecule has 0 heterocycles. The second-order valence-corrected chi connectivity index (χ2v) is 5.54.